The van der Waals surface area contributed by atoms with Crippen LogP contribution in [0.1, 0.15) is 43.2 Å². The molecular weight excluding hydrogens is 424 g/mol. The van der Waals surface area contributed by atoms with Gasteiger partial charge in [-0.05, 0) is 66.6 Å². The highest BCUT2D eigenvalue weighted by Gasteiger charge is 2.45. The molecule has 0 amide bonds. The fourth-order valence-electron chi connectivity index (χ4n) is 4.71. The molecule has 0 bridgehead atoms. The maximum Gasteiger partial charge on any atom is 0.229 e. The number of aliphatic hydroxyl groups excluding tert-OH is 3. The third kappa shape index (κ3) is 5.23. The van der Waals surface area contributed by atoms with Crippen molar-refractivity contribution >= 4 is 5.57 Å². The number of hydrogen-bond donors (Lipinski definition) is 4. The molecule has 0 spiro atoms. The molecule has 33 heavy (non-hydrogen) atoms. The molecule has 0 aromatic heterocycles. The van der Waals surface area contributed by atoms with Crippen molar-refractivity contribution in [2.75, 3.05) is 13.7 Å². The zero-order valence-electron chi connectivity index (χ0n) is 18.8. The average Bonchev–Trinajstić information content (AvgIpc) is 2.85. The summed E-state index contributed by atoms with van der Waals surface area (Å²) in [5.74, 6) is 0.710. The quantitative estimate of drug-likeness (QED) is 0.529. The zero-order valence-corrected chi connectivity index (χ0v) is 18.8. The molecule has 1 aliphatic carbocycles. The second-order valence-corrected chi connectivity index (χ2v) is 8.64. The Hall–Kier alpha value is -2.42. The number of aromatic hydroxyl groups is 1. The third-order valence-electron chi connectivity index (χ3n) is 6.45. The van der Waals surface area contributed by atoms with E-state index in [0.29, 0.717) is 5.75 Å². The molecule has 0 unspecified atom stereocenters. The number of ether oxygens (including phenoxy) is 3. The second-order valence-electron chi connectivity index (χ2n) is 8.64. The van der Waals surface area contributed by atoms with Gasteiger partial charge in [0.1, 0.15) is 35.9 Å². The lowest BCUT2D eigenvalue weighted by Crippen LogP contribution is -2.60. The molecule has 1 aliphatic heterocycles. The highest BCUT2D eigenvalue weighted by molar-refractivity contribution is 5.82. The van der Waals surface area contributed by atoms with Gasteiger partial charge in [0.25, 0.3) is 0 Å². The standard InChI is InChI=1S/C26H32O7/c1-31-25-21(15-27)33-26(24(30)23(25)29)32-20-13-9-18(10-14-20)22(16-5-3-2-4-6-16)17-7-11-19(28)12-8-17/h7-14,21,23-30H,2-6,15H2,1H3/t21-,23-,24+,25-,26-/m0/s1. The Morgan fingerprint density at radius 2 is 1.52 bits per heavy atom. The molecule has 1 saturated carbocycles. The maximum absolute atomic E-state index is 10.4. The van der Waals surface area contributed by atoms with Crippen molar-refractivity contribution < 1.29 is 34.6 Å². The van der Waals surface area contributed by atoms with Crippen LogP contribution in [0, 0.1) is 0 Å². The molecule has 1 saturated heterocycles. The summed E-state index contributed by atoms with van der Waals surface area (Å²) < 4.78 is 16.6. The van der Waals surface area contributed by atoms with Crippen LogP contribution in [0.2, 0.25) is 0 Å². The summed E-state index contributed by atoms with van der Waals surface area (Å²) in [5, 5.41) is 40.0. The van der Waals surface area contributed by atoms with Gasteiger partial charge in [-0.15, -0.1) is 0 Å². The number of methoxy groups -OCH3 is 1. The number of hydrogen-bond acceptors (Lipinski definition) is 7. The van der Waals surface area contributed by atoms with Crippen LogP contribution < -0.4 is 4.74 Å². The summed E-state index contributed by atoms with van der Waals surface area (Å²) in [6, 6.07) is 14.8. The Morgan fingerprint density at radius 1 is 0.909 bits per heavy atom. The Morgan fingerprint density at radius 3 is 2.09 bits per heavy atom. The van der Waals surface area contributed by atoms with Gasteiger partial charge < -0.3 is 34.6 Å². The molecule has 2 aromatic carbocycles. The lowest BCUT2D eigenvalue weighted by Gasteiger charge is -2.41. The van der Waals surface area contributed by atoms with Crippen molar-refractivity contribution in [2.45, 2.75) is 62.8 Å². The molecule has 4 N–H and O–H groups in total. The van der Waals surface area contributed by atoms with Crippen molar-refractivity contribution in [3.05, 3.63) is 65.2 Å². The van der Waals surface area contributed by atoms with Crippen molar-refractivity contribution in [1.82, 2.24) is 0 Å². The van der Waals surface area contributed by atoms with E-state index in [4.69, 9.17) is 14.2 Å². The van der Waals surface area contributed by atoms with Crippen LogP contribution in [0.4, 0.5) is 0 Å². The van der Waals surface area contributed by atoms with Gasteiger partial charge in [-0.3, -0.25) is 0 Å². The average molecular weight is 457 g/mol. The Bertz CT molecular complexity index is 928. The van der Waals surface area contributed by atoms with E-state index in [2.05, 4.69) is 0 Å². The summed E-state index contributed by atoms with van der Waals surface area (Å²) in [6.07, 6.45) is 0.330. The highest BCUT2D eigenvalue weighted by atomic mass is 16.7. The van der Waals surface area contributed by atoms with E-state index in [1.165, 1.54) is 37.5 Å². The summed E-state index contributed by atoms with van der Waals surface area (Å²) >= 11 is 0. The smallest absolute Gasteiger partial charge is 0.229 e. The van der Waals surface area contributed by atoms with Crippen molar-refractivity contribution in [3.63, 3.8) is 0 Å². The van der Waals surface area contributed by atoms with Crippen LogP contribution in [0.25, 0.3) is 5.57 Å². The first-order chi connectivity index (χ1) is 16.0. The molecule has 7 heteroatoms. The number of allylic oxidation sites excluding steroid dienone is 1. The summed E-state index contributed by atoms with van der Waals surface area (Å²) in [5.41, 5.74) is 4.69. The normalized spacial score (nSPS) is 27.9. The maximum atomic E-state index is 10.4. The van der Waals surface area contributed by atoms with Crippen LogP contribution in [-0.2, 0) is 9.47 Å². The van der Waals surface area contributed by atoms with E-state index in [9.17, 15) is 20.4 Å². The molecule has 178 valence electrons. The predicted octanol–water partition coefficient (Wildman–Crippen LogP) is 2.99. The van der Waals surface area contributed by atoms with Gasteiger partial charge in [-0.1, -0.05) is 36.3 Å². The highest BCUT2D eigenvalue weighted by Crippen LogP contribution is 2.36. The fraction of sp³-hybridized carbons (Fsp3) is 0.462. The van der Waals surface area contributed by atoms with Crippen molar-refractivity contribution in [3.8, 4) is 11.5 Å². The first-order valence-corrected chi connectivity index (χ1v) is 11.5. The second kappa shape index (κ2) is 10.7. The molecule has 5 atom stereocenters. The van der Waals surface area contributed by atoms with Gasteiger partial charge in [0.05, 0.1) is 6.61 Å². The Balaban J connectivity index is 1.56. The SMILES string of the molecule is CO[C@@H]1[C@@H](O)[C@@H](O)[C@@H](Oc2ccc(C(=C3CCCCC3)c3ccc(O)cc3)cc2)O[C@H]1CO. The van der Waals surface area contributed by atoms with Crippen LogP contribution in [0.3, 0.4) is 0 Å². The van der Waals surface area contributed by atoms with Gasteiger partial charge in [-0.2, -0.15) is 0 Å². The van der Waals surface area contributed by atoms with Crippen LogP contribution in [0.15, 0.2) is 54.1 Å². The van der Waals surface area contributed by atoms with Gasteiger partial charge in [-0.25, -0.2) is 0 Å². The van der Waals surface area contributed by atoms with E-state index >= 15 is 0 Å². The number of benzene rings is 2. The lowest BCUT2D eigenvalue weighted by atomic mass is 9.85. The first kappa shape index (κ1) is 23.7. The minimum Gasteiger partial charge on any atom is -0.508 e. The zero-order chi connectivity index (χ0) is 23.4. The van der Waals surface area contributed by atoms with E-state index in [1.54, 1.807) is 24.3 Å². The van der Waals surface area contributed by atoms with Crippen molar-refractivity contribution in [2.24, 2.45) is 0 Å². The minimum absolute atomic E-state index is 0.237. The molecule has 7 nitrogen and oxygen atoms in total. The number of phenols is 1. The van der Waals surface area contributed by atoms with Gasteiger partial charge in [0.15, 0.2) is 0 Å². The monoisotopic (exact) mass is 456 g/mol. The molecule has 2 aromatic rings. The summed E-state index contributed by atoms with van der Waals surface area (Å²) in [6.45, 7) is -0.370. The fourth-order valence-corrected chi connectivity index (χ4v) is 4.71. The number of aliphatic hydroxyl groups is 3. The molecule has 2 aliphatic rings. The van der Waals surface area contributed by atoms with Crippen LogP contribution >= 0.6 is 0 Å². The lowest BCUT2D eigenvalue weighted by molar-refractivity contribution is -0.281. The number of rotatable bonds is 6. The molecular formula is C26H32O7. The number of phenolic OH excluding ortho intramolecular Hbond substituents is 1. The summed E-state index contributed by atoms with van der Waals surface area (Å²) in [4.78, 5) is 0. The van der Waals surface area contributed by atoms with E-state index in [0.717, 1.165) is 24.0 Å². The van der Waals surface area contributed by atoms with Crippen LogP contribution in [0.5, 0.6) is 11.5 Å². The first-order valence-electron chi connectivity index (χ1n) is 11.5. The van der Waals surface area contributed by atoms with Gasteiger partial charge >= 0.3 is 0 Å². The summed E-state index contributed by atoms with van der Waals surface area (Å²) in [7, 11) is 1.39. The van der Waals surface area contributed by atoms with E-state index in [-0.39, 0.29) is 12.4 Å². The minimum atomic E-state index is -1.32. The van der Waals surface area contributed by atoms with Gasteiger partial charge in [0.2, 0.25) is 6.29 Å². The molecule has 1 heterocycles. The van der Waals surface area contributed by atoms with Crippen LogP contribution in [-0.4, -0.2) is 64.8 Å². The predicted molar refractivity (Wildman–Crippen MR) is 123 cm³/mol. The van der Waals surface area contributed by atoms with Gasteiger partial charge in [0, 0.05) is 7.11 Å². The topological polar surface area (TPSA) is 109 Å². The van der Waals surface area contributed by atoms with Crippen molar-refractivity contribution in [1.29, 1.82) is 0 Å². The molecule has 0 radical (unpaired) electrons. The molecule has 2 fully saturated rings. The van der Waals surface area contributed by atoms with E-state index in [1.807, 2.05) is 24.3 Å². The Kier molecular flexibility index (Phi) is 7.67. The Labute approximate surface area is 193 Å². The third-order valence-corrected chi connectivity index (χ3v) is 6.45. The molecule has 4 rings (SSSR count). The van der Waals surface area contributed by atoms with E-state index < -0.39 is 30.7 Å². The largest absolute Gasteiger partial charge is 0.508 e.